The maximum absolute atomic E-state index is 11.9. The molecule has 0 atom stereocenters. The fourth-order valence-electron chi connectivity index (χ4n) is 1.46. The number of nitrogens with one attached hydrogen (secondary N) is 1. The minimum Gasteiger partial charge on any atom is -0.468 e. The van der Waals surface area contributed by atoms with Crippen molar-refractivity contribution in [3.8, 4) is 0 Å². The lowest BCUT2D eigenvalue weighted by molar-refractivity contribution is -0.141. The largest absolute Gasteiger partial charge is 0.468 e. The Labute approximate surface area is 125 Å². The van der Waals surface area contributed by atoms with Gasteiger partial charge in [0.15, 0.2) is 0 Å². The van der Waals surface area contributed by atoms with Crippen LogP contribution in [0.5, 0.6) is 0 Å². The van der Waals surface area contributed by atoms with E-state index in [2.05, 4.69) is 26.0 Å². The van der Waals surface area contributed by atoms with Gasteiger partial charge in [-0.25, -0.2) is 0 Å². The molecule has 20 heavy (non-hydrogen) atoms. The normalized spacial score (nSPS) is 10.2. The molecule has 1 rings (SSSR count). The second-order valence-electron chi connectivity index (χ2n) is 4.11. The molecule has 0 heterocycles. The van der Waals surface area contributed by atoms with Crippen molar-refractivity contribution in [2.24, 2.45) is 0 Å². The number of nitrogens with zero attached hydrogens (tertiary/aromatic N) is 1. The second-order valence-corrected chi connectivity index (χ2v) is 4.96. The highest BCUT2D eigenvalue weighted by molar-refractivity contribution is 9.10. The Kier molecular flexibility index (Phi) is 6.33. The van der Waals surface area contributed by atoms with Crippen molar-refractivity contribution in [3.63, 3.8) is 0 Å². The molecule has 1 aromatic rings. The Hall–Kier alpha value is -1.73. The molecule has 0 saturated heterocycles. The van der Waals surface area contributed by atoms with Crippen LogP contribution in [0.2, 0.25) is 0 Å². The average molecular weight is 343 g/mol. The van der Waals surface area contributed by atoms with Gasteiger partial charge in [0, 0.05) is 4.47 Å². The Morgan fingerprint density at radius 2 is 1.90 bits per heavy atom. The minimum atomic E-state index is -0.492. The molecule has 0 aliphatic heterocycles. The molecule has 0 fully saturated rings. The van der Waals surface area contributed by atoms with Crippen LogP contribution < -0.4 is 5.32 Å². The number of carbonyl (C=O) groups excluding carboxylic acids is 3. The van der Waals surface area contributed by atoms with E-state index < -0.39 is 17.8 Å². The molecule has 0 unspecified atom stereocenters. The number of likely N-dealkylation sites (N-methyl/N-ethyl adjacent to an activating group) is 1. The standard InChI is InChI=1S/C13H15BrN2O4/c1-16(8-12(18)20-2)7-11(17)15-13(19)9-5-3-4-6-10(9)14/h3-6H,7-8H2,1-2H3,(H,15,17,19). The predicted molar refractivity (Wildman–Crippen MR) is 76.1 cm³/mol. The maximum Gasteiger partial charge on any atom is 0.319 e. The van der Waals surface area contributed by atoms with Gasteiger partial charge in [0.25, 0.3) is 5.91 Å². The number of ether oxygens (including phenoxy) is 1. The van der Waals surface area contributed by atoms with Crippen LogP contribution in [-0.2, 0) is 14.3 Å². The number of rotatable bonds is 5. The van der Waals surface area contributed by atoms with Crippen LogP contribution in [0.25, 0.3) is 0 Å². The third-order valence-corrected chi connectivity index (χ3v) is 3.10. The van der Waals surface area contributed by atoms with E-state index in [0.717, 1.165) is 0 Å². The first kappa shape index (κ1) is 16.3. The van der Waals surface area contributed by atoms with Crippen molar-refractivity contribution in [1.29, 1.82) is 0 Å². The number of esters is 1. The maximum atomic E-state index is 11.9. The first-order valence-electron chi connectivity index (χ1n) is 5.78. The molecule has 0 spiro atoms. The highest BCUT2D eigenvalue weighted by atomic mass is 79.9. The summed E-state index contributed by atoms with van der Waals surface area (Å²) in [6.45, 7) is -0.0988. The van der Waals surface area contributed by atoms with E-state index in [1.165, 1.54) is 12.0 Å². The number of hydrogen-bond donors (Lipinski definition) is 1. The molecule has 6 nitrogen and oxygen atoms in total. The highest BCUT2D eigenvalue weighted by Gasteiger charge is 2.15. The molecule has 0 aliphatic rings. The summed E-state index contributed by atoms with van der Waals surface area (Å²) in [6, 6.07) is 6.79. The molecule has 108 valence electrons. The summed E-state index contributed by atoms with van der Waals surface area (Å²) in [4.78, 5) is 36.0. The Morgan fingerprint density at radius 3 is 2.50 bits per heavy atom. The van der Waals surface area contributed by atoms with Gasteiger partial charge in [-0.2, -0.15) is 0 Å². The number of amides is 2. The van der Waals surface area contributed by atoms with Crippen LogP contribution in [0.4, 0.5) is 0 Å². The lowest BCUT2D eigenvalue weighted by Crippen LogP contribution is -2.40. The predicted octanol–water partition coefficient (Wildman–Crippen LogP) is 0.810. The van der Waals surface area contributed by atoms with E-state index in [1.54, 1.807) is 31.3 Å². The molecule has 0 aromatic heterocycles. The molecule has 2 amide bonds. The Bertz CT molecular complexity index is 519. The molecular formula is C13H15BrN2O4. The number of imide groups is 1. The zero-order chi connectivity index (χ0) is 15.1. The van der Waals surface area contributed by atoms with Gasteiger partial charge in [0.2, 0.25) is 5.91 Å². The van der Waals surface area contributed by atoms with Gasteiger partial charge in [-0.3, -0.25) is 24.6 Å². The number of benzene rings is 1. The summed E-state index contributed by atoms with van der Waals surface area (Å²) >= 11 is 3.24. The monoisotopic (exact) mass is 342 g/mol. The smallest absolute Gasteiger partial charge is 0.319 e. The van der Waals surface area contributed by atoms with Gasteiger partial charge < -0.3 is 4.74 Å². The molecule has 0 saturated carbocycles. The van der Waals surface area contributed by atoms with E-state index >= 15 is 0 Å². The molecule has 1 aromatic carbocycles. The number of carbonyl (C=O) groups is 3. The van der Waals surface area contributed by atoms with Gasteiger partial charge in [0.1, 0.15) is 0 Å². The number of methoxy groups -OCH3 is 1. The van der Waals surface area contributed by atoms with Crippen LogP contribution in [0.3, 0.4) is 0 Å². The first-order chi connectivity index (χ1) is 9.43. The first-order valence-corrected chi connectivity index (χ1v) is 6.57. The summed E-state index contributed by atoms with van der Waals surface area (Å²) in [5.41, 5.74) is 0.372. The van der Waals surface area contributed by atoms with Crippen molar-refractivity contribution >= 4 is 33.7 Å². The van der Waals surface area contributed by atoms with Gasteiger partial charge in [-0.1, -0.05) is 12.1 Å². The van der Waals surface area contributed by atoms with Crippen molar-refractivity contribution in [1.82, 2.24) is 10.2 Å². The summed E-state index contributed by atoms with van der Waals surface area (Å²) in [6.07, 6.45) is 0. The van der Waals surface area contributed by atoms with Gasteiger partial charge in [0.05, 0.1) is 25.8 Å². The molecule has 7 heteroatoms. The number of hydrogen-bond acceptors (Lipinski definition) is 5. The van der Waals surface area contributed by atoms with Gasteiger partial charge in [-0.15, -0.1) is 0 Å². The van der Waals surface area contributed by atoms with Crippen LogP contribution in [0.1, 0.15) is 10.4 Å². The minimum absolute atomic E-state index is 0.0207. The molecule has 0 radical (unpaired) electrons. The third-order valence-electron chi connectivity index (χ3n) is 2.41. The van der Waals surface area contributed by atoms with Crippen molar-refractivity contribution < 1.29 is 19.1 Å². The van der Waals surface area contributed by atoms with Crippen LogP contribution in [0, 0.1) is 0 Å². The van der Waals surface area contributed by atoms with E-state index in [4.69, 9.17) is 0 Å². The van der Waals surface area contributed by atoms with E-state index in [-0.39, 0.29) is 13.1 Å². The summed E-state index contributed by atoms with van der Waals surface area (Å²) in [5.74, 6) is -1.43. The van der Waals surface area contributed by atoms with E-state index in [9.17, 15) is 14.4 Å². The molecule has 0 bridgehead atoms. The lowest BCUT2D eigenvalue weighted by atomic mass is 10.2. The molecular weight excluding hydrogens is 328 g/mol. The van der Waals surface area contributed by atoms with E-state index in [1.807, 2.05) is 0 Å². The van der Waals surface area contributed by atoms with Crippen LogP contribution >= 0.6 is 15.9 Å². The van der Waals surface area contributed by atoms with E-state index in [0.29, 0.717) is 10.0 Å². The van der Waals surface area contributed by atoms with Crippen LogP contribution in [0.15, 0.2) is 28.7 Å². The fourth-order valence-corrected chi connectivity index (χ4v) is 1.93. The second kappa shape index (κ2) is 7.76. The Morgan fingerprint density at radius 1 is 1.25 bits per heavy atom. The highest BCUT2D eigenvalue weighted by Crippen LogP contribution is 2.15. The molecule has 0 aliphatic carbocycles. The van der Waals surface area contributed by atoms with Crippen molar-refractivity contribution in [2.75, 3.05) is 27.2 Å². The SMILES string of the molecule is COC(=O)CN(C)CC(=O)NC(=O)c1ccccc1Br. The van der Waals surface area contributed by atoms with Crippen LogP contribution in [-0.4, -0.2) is 49.9 Å². The summed E-state index contributed by atoms with van der Waals surface area (Å²) in [7, 11) is 2.85. The summed E-state index contributed by atoms with van der Waals surface area (Å²) in [5, 5.41) is 2.26. The number of halogens is 1. The zero-order valence-corrected chi connectivity index (χ0v) is 12.8. The zero-order valence-electron chi connectivity index (χ0n) is 11.2. The van der Waals surface area contributed by atoms with Gasteiger partial charge in [-0.05, 0) is 35.1 Å². The molecule has 1 N–H and O–H groups in total. The van der Waals surface area contributed by atoms with Gasteiger partial charge >= 0.3 is 5.97 Å². The average Bonchev–Trinajstić information content (AvgIpc) is 2.38. The van der Waals surface area contributed by atoms with Crippen molar-refractivity contribution in [2.45, 2.75) is 0 Å². The van der Waals surface area contributed by atoms with Crippen molar-refractivity contribution in [3.05, 3.63) is 34.3 Å². The Balaban J connectivity index is 2.52. The summed E-state index contributed by atoms with van der Waals surface area (Å²) < 4.78 is 5.09. The lowest BCUT2D eigenvalue weighted by Gasteiger charge is -2.14. The third kappa shape index (κ3) is 5.10. The topological polar surface area (TPSA) is 75.7 Å². The fraction of sp³-hybridized carbons (Fsp3) is 0.308. The quantitative estimate of drug-likeness (QED) is 0.801.